The summed E-state index contributed by atoms with van der Waals surface area (Å²) in [5.41, 5.74) is 3.18. The number of nitrogens with one attached hydrogen (secondary N) is 1. The van der Waals surface area contributed by atoms with Crippen molar-refractivity contribution < 1.29 is 4.74 Å². The Labute approximate surface area is 104 Å². The molecule has 1 aliphatic rings. The molecule has 0 aliphatic heterocycles. The molecule has 1 aliphatic carbocycles. The third-order valence-electron chi connectivity index (χ3n) is 4.00. The van der Waals surface area contributed by atoms with E-state index in [4.69, 9.17) is 4.74 Å². The van der Waals surface area contributed by atoms with Gasteiger partial charge in [-0.3, -0.25) is 0 Å². The lowest BCUT2D eigenvalue weighted by atomic mass is 10.0. The van der Waals surface area contributed by atoms with Crippen molar-refractivity contribution >= 4 is 0 Å². The maximum absolute atomic E-state index is 5.27. The molecule has 1 fully saturated rings. The van der Waals surface area contributed by atoms with E-state index in [0.29, 0.717) is 5.41 Å². The van der Waals surface area contributed by atoms with Gasteiger partial charge >= 0.3 is 0 Å². The Bertz CT molecular complexity index is 383. The molecule has 1 saturated carbocycles. The molecule has 1 aromatic rings. The van der Waals surface area contributed by atoms with Crippen LogP contribution in [-0.4, -0.2) is 13.7 Å². The van der Waals surface area contributed by atoms with Crippen molar-refractivity contribution in [2.45, 2.75) is 39.7 Å². The molecule has 0 radical (unpaired) electrons. The van der Waals surface area contributed by atoms with Gasteiger partial charge in [0.2, 0.25) is 0 Å². The summed E-state index contributed by atoms with van der Waals surface area (Å²) >= 11 is 0. The summed E-state index contributed by atoms with van der Waals surface area (Å²) in [6.07, 6.45) is 4.11. The van der Waals surface area contributed by atoms with Gasteiger partial charge in [0.05, 0.1) is 7.11 Å². The Morgan fingerprint density at radius 3 is 2.65 bits per heavy atom. The summed E-state index contributed by atoms with van der Waals surface area (Å²) in [7, 11) is 1.72. The van der Waals surface area contributed by atoms with Crippen LogP contribution in [0.25, 0.3) is 0 Å². The first-order valence-electron chi connectivity index (χ1n) is 6.53. The van der Waals surface area contributed by atoms with Gasteiger partial charge in [-0.15, -0.1) is 0 Å². The number of methoxy groups -OCH3 is 1. The minimum atomic E-state index is 0.627. The maximum Gasteiger partial charge on any atom is 0.121 e. The largest absolute Gasteiger partial charge is 0.496 e. The van der Waals surface area contributed by atoms with Gasteiger partial charge in [0, 0.05) is 13.1 Å². The third kappa shape index (κ3) is 3.01. The van der Waals surface area contributed by atoms with Gasteiger partial charge in [-0.05, 0) is 48.8 Å². The lowest BCUT2D eigenvalue weighted by molar-refractivity contribution is 0.411. The summed E-state index contributed by atoms with van der Waals surface area (Å²) in [6, 6.07) is 6.40. The SMILES string of the molecule is CCC1(CNCc2ccc(OC)c(C)c2)CC1. The summed E-state index contributed by atoms with van der Waals surface area (Å²) < 4.78 is 5.27. The molecule has 94 valence electrons. The van der Waals surface area contributed by atoms with Crippen molar-refractivity contribution in [2.24, 2.45) is 5.41 Å². The van der Waals surface area contributed by atoms with Crippen LogP contribution in [0.4, 0.5) is 0 Å². The number of rotatable bonds is 6. The van der Waals surface area contributed by atoms with Gasteiger partial charge in [0.1, 0.15) is 5.75 Å². The van der Waals surface area contributed by atoms with Crippen LogP contribution in [0.2, 0.25) is 0 Å². The third-order valence-corrected chi connectivity index (χ3v) is 4.00. The number of hydrogen-bond donors (Lipinski definition) is 1. The lowest BCUT2D eigenvalue weighted by Gasteiger charge is -2.14. The second-order valence-electron chi connectivity index (χ2n) is 5.26. The molecule has 2 nitrogen and oxygen atoms in total. The summed E-state index contributed by atoms with van der Waals surface area (Å²) in [5.74, 6) is 0.973. The van der Waals surface area contributed by atoms with Crippen molar-refractivity contribution in [2.75, 3.05) is 13.7 Å². The van der Waals surface area contributed by atoms with Crippen LogP contribution in [0.5, 0.6) is 5.75 Å². The Morgan fingerprint density at radius 1 is 1.35 bits per heavy atom. The zero-order valence-electron chi connectivity index (χ0n) is 11.2. The van der Waals surface area contributed by atoms with Gasteiger partial charge in [0.25, 0.3) is 0 Å². The summed E-state index contributed by atoms with van der Waals surface area (Å²) in [5, 5.41) is 3.58. The highest BCUT2D eigenvalue weighted by Gasteiger charge is 2.39. The minimum absolute atomic E-state index is 0.627. The molecule has 0 amide bonds. The van der Waals surface area contributed by atoms with Gasteiger partial charge in [0.15, 0.2) is 0 Å². The first-order chi connectivity index (χ1) is 8.19. The fraction of sp³-hybridized carbons (Fsp3) is 0.600. The zero-order valence-corrected chi connectivity index (χ0v) is 11.2. The van der Waals surface area contributed by atoms with Crippen molar-refractivity contribution in [1.29, 1.82) is 0 Å². The molecule has 0 saturated heterocycles. The molecule has 2 rings (SSSR count). The average Bonchev–Trinajstić information content (AvgIpc) is 3.10. The van der Waals surface area contributed by atoms with Crippen LogP contribution in [0, 0.1) is 12.3 Å². The van der Waals surface area contributed by atoms with Crippen LogP contribution >= 0.6 is 0 Å². The van der Waals surface area contributed by atoms with Crippen molar-refractivity contribution in [3.8, 4) is 5.75 Å². The molecule has 1 N–H and O–H groups in total. The van der Waals surface area contributed by atoms with Crippen LogP contribution in [0.1, 0.15) is 37.3 Å². The van der Waals surface area contributed by atoms with Gasteiger partial charge < -0.3 is 10.1 Å². The molecular formula is C15H23NO. The van der Waals surface area contributed by atoms with E-state index >= 15 is 0 Å². The molecular weight excluding hydrogens is 210 g/mol. The maximum atomic E-state index is 5.27. The monoisotopic (exact) mass is 233 g/mol. The van der Waals surface area contributed by atoms with Gasteiger partial charge in [-0.1, -0.05) is 19.1 Å². The first-order valence-corrected chi connectivity index (χ1v) is 6.53. The smallest absolute Gasteiger partial charge is 0.121 e. The van der Waals surface area contributed by atoms with E-state index in [9.17, 15) is 0 Å². The molecule has 1 aromatic carbocycles. The van der Waals surface area contributed by atoms with Crippen LogP contribution in [0.15, 0.2) is 18.2 Å². The normalized spacial score (nSPS) is 16.9. The number of hydrogen-bond acceptors (Lipinski definition) is 2. The second-order valence-corrected chi connectivity index (χ2v) is 5.26. The highest BCUT2D eigenvalue weighted by Crippen LogP contribution is 2.47. The van der Waals surface area contributed by atoms with Crippen LogP contribution in [0.3, 0.4) is 0 Å². The highest BCUT2D eigenvalue weighted by atomic mass is 16.5. The van der Waals surface area contributed by atoms with Crippen molar-refractivity contribution in [3.63, 3.8) is 0 Å². The van der Waals surface area contributed by atoms with Crippen molar-refractivity contribution in [3.05, 3.63) is 29.3 Å². The second kappa shape index (κ2) is 5.09. The molecule has 0 heterocycles. The van der Waals surface area contributed by atoms with E-state index < -0.39 is 0 Å². The summed E-state index contributed by atoms with van der Waals surface area (Å²) in [6.45, 7) is 6.52. The highest BCUT2D eigenvalue weighted by molar-refractivity contribution is 5.36. The zero-order chi connectivity index (χ0) is 12.3. The summed E-state index contributed by atoms with van der Waals surface area (Å²) in [4.78, 5) is 0. The van der Waals surface area contributed by atoms with E-state index in [1.807, 2.05) is 0 Å². The number of benzene rings is 1. The van der Waals surface area contributed by atoms with Crippen molar-refractivity contribution in [1.82, 2.24) is 5.32 Å². The Balaban J connectivity index is 1.85. The van der Waals surface area contributed by atoms with E-state index in [-0.39, 0.29) is 0 Å². The van der Waals surface area contributed by atoms with Gasteiger partial charge in [-0.25, -0.2) is 0 Å². The Kier molecular flexibility index (Phi) is 3.72. The molecule has 0 aromatic heterocycles. The Morgan fingerprint density at radius 2 is 2.12 bits per heavy atom. The quantitative estimate of drug-likeness (QED) is 0.814. The lowest BCUT2D eigenvalue weighted by Crippen LogP contribution is -2.23. The Hall–Kier alpha value is -1.02. The molecule has 0 bridgehead atoms. The fourth-order valence-corrected chi connectivity index (χ4v) is 2.35. The predicted octanol–water partition coefficient (Wildman–Crippen LogP) is 3.28. The molecule has 17 heavy (non-hydrogen) atoms. The molecule has 0 spiro atoms. The topological polar surface area (TPSA) is 21.3 Å². The van der Waals surface area contributed by atoms with Crippen LogP contribution < -0.4 is 10.1 Å². The van der Waals surface area contributed by atoms with E-state index in [1.165, 1.54) is 30.4 Å². The van der Waals surface area contributed by atoms with Gasteiger partial charge in [-0.2, -0.15) is 0 Å². The predicted molar refractivity (Wildman–Crippen MR) is 71.4 cm³/mol. The minimum Gasteiger partial charge on any atom is -0.496 e. The van der Waals surface area contributed by atoms with E-state index in [1.54, 1.807) is 7.11 Å². The van der Waals surface area contributed by atoms with E-state index in [2.05, 4.69) is 37.4 Å². The average molecular weight is 233 g/mol. The van der Waals surface area contributed by atoms with Crippen LogP contribution in [-0.2, 0) is 6.54 Å². The fourth-order valence-electron chi connectivity index (χ4n) is 2.35. The molecule has 0 unspecified atom stereocenters. The first kappa shape index (κ1) is 12.4. The molecule has 2 heteroatoms. The van der Waals surface area contributed by atoms with E-state index in [0.717, 1.165) is 18.8 Å². The number of ether oxygens (including phenoxy) is 1. The number of aryl methyl sites for hydroxylation is 1. The molecule has 0 atom stereocenters. The standard InChI is InChI=1S/C15H23NO/c1-4-15(7-8-15)11-16-10-13-5-6-14(17-3)12(2)9-13/h5-6,9,16H,4,7-8,10-11H2,1-3H3.